The zero-order valence-electron chi connectivity index (χ0n) is 18.4. The molecule has 2 aromatic heterocycles. The summed E-state index contributed by atoms with van der Waals surface area (Å²) in [5, 5.41) is 4.20. The van der Waals surface area contributed by atoms with Gasteiger partial charge < -0.3 is 24.4 Å². The number of hydrogen-bond acceptors (Lipinski definition) is 5. The predicted octanol–water partition coefficient (Wildman–Crippen LogP) is 3.19. The fourth-order valence-electron chi connectivity index (χ4n) is 4.05. The Kier molecular flexibility index (Phi) is 6.53. The summed E-state index contributed by atoms with van der Waals surface area (Å²) >= 11 is 5.75. The van der Waals surface area contributed by atoms with Crippen molar-refractivity contribution < 1.29 is 9.53 Å². The molecule has 4 rings (SSSR count). The average molecular weight is 450 g/mol. The molecule has 3 heterocycles. The summed E-state index contributed by atoms with van der Waals surface area (Å²) in [6.07, 6.45) is 3.81. The minimum Gasteiger partial charge on any atom is -0.465 e. The van der Waals surface area contributed by atoms with Gasteiger partial charge in [0.2, 0.25) is 0 Å². The maximum atomic E-state index is 12.1. The van der Waals surface area contributed by atoms with Gasteiger partial charge in [0.05, 0.1) is 30.5 Å². The van der Waals surface area contributed by atoms with E-state index < -0.39 is 0 Å². The lowest BCUT2D eigenvalue weighted by Gasteiger charge is -2.29. The molecule has 0 bridgehead atoms. The number of pyridine rings is 1. The van der Waals surface area contributed by atoms with Crippen molar-refractivity contribution in [2.45, 2.75) is 12.1 Å². The summed E-state index contributed by atoms with van der Waals surface area (Å²) in [6.45, 7) is 1.64. The van der Waals surface area contributed by atoms with Crippen LogP contribution in [0.15, 0.2) is 67.0 Å². The van der Waals surface area contributed by atoms with Gasteiger partial charge in [-0.3, -0.25) is 4.98 Å². The highest BCUT2D eigenvalue weighted by Gasteiger charge is 2.41. The molecule has 0 radical (unpaired) electrons. The molecule has 0 saturated carbocycles. The van der Waals surface area contributed by atoms with E-state index >= 15 is 0 Å². The number of nitrogens with one attached hydrogen (secondary N) is 1. The largest absolute Gasteiger partial charge is 0.465 e. The zero-order valence-corrected chi connectivity index (χ0v) is 19.2. The highest BCUT2D eigenvalue weighted by molar-refractivity contribution is 7.80. The Morgan fingerprint density at radius 2 is 2.03 bits per heavy atom. The third-order valence-electron chi connectivity index (χ3n) is 5.61. The van der Waals surface area contributed by atoms with E-state index in [1.807, 2.05) is 48.7 Å². The Bertz CT molecular complexity index is 1100. The molecule has 1 aromatic carbocycles. The number of aromatic nitrogens is 2. The minimum absolute atomic E-state index is 0.0610. The lowest BCUT2D eigenvalue weighted by molar-refractivity contribution is 0.0600. The fraction of sp³-hybridized carbons (Fsp3) is 0.292. The van der Waals surface area contributed by atoms with Gasteiger partial charge in [-0.15, -0.1) is 0 Å². The van der Waals surface area contributed by atoms with E-state index in [1.54, 1.807) is 12.3 Å². The zero-order chi connectivity index (χ0) is 22.7. The van der Waals surface area contributed by atoms with Gasteiger partial charge in [0.15, 0.2) is 5.11 Å². The SMILES string of the molecule is COC(=O)c1cccc(-n2cccc2C2C(c3ccccn3)NC(=S)N2CCN(C)C)c1. The Labute approximate surface area is 193 Å². The van der Waals surface area contributed by atoms with E-state index in [4.69, 9.17) is 17.0 Å². The summed E-state index contributed by atoms with van der Waals surface area (Å²) < 4.78 is 7.01. The van der Waals surface area contributed by atoms with Crippen molar-refractivity contribution in [3.63, 3.8) is 0 Å². The molecule has 2 unspecified atom stereocenters. The monoisotopic (exact) mass is 449 g/mol. The molecule has 8 heteroatoms. The van der Waals surface area contributed by atoms with Crippen molar-refractivity contribution in [3.05, 3.63) is 83.9 Å². The van der Waals surface area contributed by atoms with Crippen molar-refractivity contribution in [3.8, 4) is 5.69 Å². The topological polar surface area (TPSA) is 62.6 Å². The van der Waals surface area contributed by atoms with Crippen molar-refractivity contribution in [2.75, 3.05) is 34.3 Å². The van der Waals surface area contributed by atoms with Crippen LogP contribution in [0.3, 0.4) is 0 Å². The Morgan fingerprint density at radius 3 is 2.75 bits per heavy atom. The summed E-state index contributed by atoms with van der Waals surface area (Å²) in [5.41, 5.74) is 3.39. The first-order chi connectivity index (χ1) is 15.5. The van der Waals surface area contributed by atoms with Crippen LogP contribution in [0.4, 0.5) is 0 Å². The molecule has 3 aromatic rings. The Morgan fingerprint density at radius 1 is 1.19 bits per heavy atom. The fourth-order valence-corrected chi connectivity index (χ4v) is 4.38. The first-order valence-corrected chi connectivity index (χ1v) is 10.9. The number of thiocarbonyl (C=S) groups is 1. The van der Waals surface area contributed by atoms with Crippen LogP contribution < -0.4 is 5.32 Å². The van der Waals surface area contributed by atoms with Crippen LogP contribution >= 0.6 is 12.2 Å². The van der Waals surface area contributed by atoms with Crippen molar-refractivity contribution in [1.82, 2.24) is 24.7 Å². The van der Waals surface area contributed by atoms with Gasteiger partial charge in [-0.2, -0.15) is 0 Å². The summed E-state index contributed by atoms with van der Waals surface area (Å²) in [7, 11) is 5.50. The minimum atomic E-state index is -0.358. The number of hydrogen-bond donors (Lipinski definition) is 1. The molecule has 0 aliphatic carbocycles. The van der Waals surface area contributed by atoms with E-state index in [1.165, 1.54) is 7.11 Å². The quantitative estimate of drug-likeness (QED) is 0.439. The average Bonchev–Trinajstić information content (AvgIpc) is 3.42. The molecule has 2 atom stereocenters. The predicted molar refractivity (Wildman–Crippen MR) is 128 cm³/mol. The van der Waals surface area contributed by atoms with Crippen LogP contribution in [0.5, 0.6) is 0 Å². The number of benzene rings is 1. The number of carbonyl (C=O) groups is 1. The lowest BCUT2D eigenvalue weighted by Crippen LogP contribution is -2.36. The maximum absolute atomic E-state index is 12.1. The molecule has 32 heavy (non-hydrogen) atoms. The molecule has 0 amide bonds. The number of carbonyl (C=O) groups excluding carboxylic acids is 1. The van der Waals surface area contributed by atoms with Gasteiger partial charge >= 0.3 is 5.97 Å². The third-order valence-corrected chi connectivity index (χ3v) is 5.97. The van der Waals surface area contributed by atoms with E-state index in [2.05, 4.69) is 44.8 Å². The van der Waals surface area contributed by atoms with Gasteiger partial charge in [0.1, 0.15) is 0 Å². The number of ether oxygens (including phenoxy) is 1. The van der Waals surface area contributed by atoms with Crippen LogP contribution in [0, 0.1) is 0 Å². The second-order valence-corrected chi connectivity index (χ2v) is 8.35. The number of methoxy groups -OCH3 is 1. The van der Waals surface area contributed by atoms with Crippen molar-refractivity contribution >= 4 is 23.3 Å². The highest BCUT2D eigenvalue weighted by atomic mass is 32.1. The van der Waals surface area contributed by atoms with Crippen molar-refractivity contribution in [2.24, 2.45) is 0 Å². The molecular weight excluding hydrogens is 422 g/mol. The maximum Gasteiger partial charge on any atom is 0.337 e. The molecule has 1 aliphatic heterocycles. The van der Waals surface area contributed by atoms with Crippen LogP contribution in [0.2, 0.25) is 0 Å². The van der Waals surface area contributed by atoms with E-state index in [-0.39, 0.29) is 18.1 Å². The first-order valence-electron chi connectivity index (χ1n) is 10.5. The van der Waals surface area contributed by atoms with E-state index in [9.17, 15) is 4.79 Å². The van der Waals surface area contributed by atoms with Crippen LogP contribution in [0.1, 0.15) is 33.8 Å². The molecule has 1 fully saturated rings. The molecule has 166 valence electrons. The van der Waals surface area contributed by atoms with Crippen LogP contribution in [0.25, 0.3) is 5.69 Å². The van der Waals surface area contributed by atoms with Crippen molar-refractivity contribution in [1.29, 1.82) is 0 Å². The van der Waals surface area contributed by atoms with Gasteiger partial charge in [-0.25, -0.2) is 4.79 Å². The summed E-state index contributed by atoms with van der Waals surface area (Å²) in [4.78, 5) is 21.1. The first kappa shape index (κ1) is 22.0. The van der Waals surface area contributed by atoms with Gasteiger partial charge in [0, 0.05) is 36.9 Å². The van der Waals surface area contributed by atoms with E-state index in [0.717, 1.165) is 30.2 Å². The number of esters is 1. The second-order valence-electron chi connectivity index (χ2n) is 7.97. The summed E-state index contributed by atoms with van der Waals surface area (Å²) in [6, 6.07) is 17.3. The van der Waals surface area contributed by atoms with Gasteiger partial charge in [-0.1, -0.05) is 12.1 Å². The Balaban J connectivity index is 1.77. The number of rotatable bonds is 7. The molecule has 0 spiro atoms. The van der Waals surface area contributed by atoms with Crippen LogP contribution in [-0.2, 0) is 4.74 Å². The van der Waals surface area contributed by atoms with Gasteiger partial charge in [0.25, 0.3) is 0 Å². The molecule has 1 N–H and O–H groups in total. The molecule has 7 nitrogen and oxygen atoms in total. The van der Waals surface area contributed by atoms with E-state index in [0.29, 0.717) is 10.7 Å². The number of nitrogens with zero attached hydrogens (tertiary/aromatic N) is 4. The molecule has 1 saturated heterocycles. The Hall–Kier alpha value is -3.23. The molecule has 1 aliphatic rings. The lowest BCUT2D eigenvalue weighted by atomic mass is 10.0. The standard InChI is InChI=1S/C24H27N5O2S/c1-27(2)14-15-29-22(21(26-24(29)32)19-10-4-5-12-25-19)20-11-7-13-28(20)18-9-6-8-17(16-18)23(30)31-3/h4-13,16,21-22H,14-15H2,1-3H3,(H,26,32). The van der Waals surface area contributed by atoms with Gasteiger partial charge in [-0.05, 0) is 68.8 Å². The highest BCUT2D eigenvalue weighted by Crippen LogP contribution is 2.39. The number of likely N-dealkylation sites (N-methyl/N-ethyl adjacent to an activating group) is 1. The molecular formula is C24H27N5O2S. The smallest absolute Gasteiger partial charge is 0.337 e. The van der Waals surface area contributed by atoms with Crippen LogP contribution in [-0.4, -0.2) is 64.7 Å². The summed E-state index contributed by atoms with van der Waals surface area (Å²) in [5.74, 6) is -0.358. The third kappa shape index (κ3) is 4.37. The second kappa shape index (κ2) is 9.50. The normalized spacial score (nSPS) is 18.1.